The molecule has 0 fully saturated rings. The molecule has 1 aromatic carbocycles. The number of hydrogen-bond acceptors (Lipinski definition) is 5. The van der Waals surface area contributed by atoms with Gasteiger partial charge in [-0.3, -0.25) is 4.99 Å². The van der Waals surface area contributed by atoms with Crippen LogP contribution in [0.1, 0.15) is 22.6 Å². The van der Waals surface area contributed by atoms with E-state index in [1.54, 1.807) is 28.4 Å². The van der Waals surface area contributed by atoms with Crippen LogP contribution in [0.15, 0.2) is 27.6 Å². The molecule has 8 heteroatoms. The number of aryl methyl sites for hydroxylation is 2. The average molecular weight is 489 g/mol. The lowest BCUT2D eigenvalue weighted by Crippen LogP contribution is -2.36. The molecule has 0 bridgehead atoms. The number of benzene rings is 1. The van der Waals surface area contributed by atoms with Crippen LogP contribution in [-0.4, -0.2) is 34.3 Å². The van der Waals surface area contributed by atoms with Gasteiger partial charge in [0.15, 0.2) is 17.5 Å². The molecule has 0 aliphatic carbocycles. The van der Waals surface area contributed by atoms with E-state index in [4.69, 9.17) is 18.6 Å². The summed E-state index contributed by atoms with van der Waals surface area (Å²) in [5, 5.41) is 6.56. The highest BCUT2D eigenvalue weighted by Crippen LogP contribution is 2.38. The number of guanidine groups is 1. The number of nitrogens with zero attached hydrogens (tertiary/aromatic N) is 1. The molecule has 2 aromatic rings. The molecule has 0 amide bonds. The summed E-state index contributed by atoms with van der Waals surface area (Å²) >= 11 is 0. The monoisotopic (exact) mass is 489 g/mol. The summed E-state index contributed by atoms with van der Waals surface area (Å²) in [6, 6.07) is 5.84. The Labute approximate surface area is 177 Å². The Kier molecular flexibility index (Phi) is 9.27. The number of rotatable bonds is 7. The van der Waals surface area contributed by atoms with Gasteiger partial charge in [-0.15, -0.1) is 24.0 Å². The van der Waals surface area contributed by atoms with E-state index in [1.807, 2.05) is 32.0 Å². The zero-order valence-electron chi connectivity index (χ0n) is 16.6. The molecule has 150 valence electrons. The lowest BCUT2D eigenvalue weighted by Gasteiger charge is -2.16. The second-order valence-corrected chi connectivity index (χ2v) is 5.75. The maximum Gasteiger partial charge on any atom is 0.203 e. The Morgan fingerprint density at radius 1 is 0.963 bits per heavy atom. The quantitative estimate of drug-likeness (QED) is 0.353. The number of halogens is 1. The second-order valence-electron chi connectivity index (χ2n) is 5.75. The number of ether oxygens (including phenoxy) is 3. The fourth-order valence-corrected chi connectivity index (χ4v) is 2.68. The minimum absolute atomic E-state index is 0. The molecule has 0 atom stereocenters. The van der Waals surface area contributed by atoms with Crippen LogP contribution in [0.3, 0.4) is 0 Å². The predicted octanol–water partition coefficient (Wildman–Crippen LogP) is 3.41. The normalized spacial score (nSPS) is 10.8. The highest BCUT2D eigenvalue weighted by Gasteiger charge is 2.13. The summed E-state index contributed by atoms with van der Waals surface area (Å²) in [5.41, 5.74) is 2.09. The first kappa shape index (κ1) is 22.9. The van der Waals surface area contributed by atoms with Gasteiger partial charge in [0.05, 0.1) is 21.3 Å². The first-order valence-corrected chi connectivity index (χ1v) is 8.31. The molecule has 7 nitrogen and oxygen atoms in total. The molecule has 1 heterocycles. The van der Waals surface area contributed by atoms with Crippen molar-refractivity contribution in [2.45, 2.75) is 26.9 Å². The largest absolute Gasteiger partial charge is 0.493 e. The number of hydrogen-bond donors (Lipinski definition) is 2. The van der Waals surface area contributed by atoms with Gasteiger partial charge in [-0.1, -0.05) is 0 Å². The third-order valence-electron chi connectivity index (χ3n) is 4.00. The molecule has 0 aliphatic rings. The van der Waals surface area contributed by atoms with Crippen LogP contribution in [-0.2, 0) is 13.1 Å². The lowest BCUT2D eigenvalue weighted by molar-refractivity contribution is 0.323. The third kappa shape index (κ3) is 5.95. The Morgan fingerprint density at radius 2 is 1.56 bits per heavy atom. The number of nitrogens with one attached hydrogen (secondary N) is 2. The summed E-state index contributed by atoms with van der Waals surface area (Å²) in [6.07, 6.45) is 0. The zero-order valence-corrected chi connectivity index (χ0v) is 19.0. The molecular weight excluding hydrogens is 461 g/mol. The van der Waals surface area contributed by atoms with Crippen LogP contribution in [0, 0.1) is 13.8 Å². The average Bonchev–Trinajstić information content (AvgIpc) is 2.97. The molecule has 2 rings (SSSR count). The molecule has 27 heavy (non-hydrogen) atoms. The van der Waals surface area contributed by atoms with Crippen LogP contribution in [0.5, 0.6) is 17.2 Å². The molecular formula is C19H28IN3O4. The van der Waals surface area contributed by atoms with Crippen molar-refractivity contribution >= 4 is 29.9 Å². The van der Waals surface area contributed by atoms with E-state index in [9.17, 15) is 0 Å². The van der Waals surface area contributed by atoms with Gasteiger partial charge in [-0.2, -0.15) is 0 Å². The smallest absolute Gasteiger partial charge is 0.203 e. The fourth-order valence-electron chi connectivity index (χ4n) is 2.68. The van der Waals surface area contributed by atoms with Crippen molar-refractivity contribution < 1.29 is 18.6 Å². The van der Waals surface area contributed by atoms with Gasteiger partial charge in [-0.25, -0.2) is 0 Å². The van der Waals surface area contributed by atoms with Gasteiger partial charge >= 0.3 is 0 Å². The van der Waals surface area contributed by atoms with Crippen molar-refractivity contribution in [1.29, 1.82) is 0 Å². The van der Waals surface area contributed by atoms with Crippen molar-refractivity contribution in [1.82, 2.24) is 10.6 Å². The Balaban J connectivity index is 0.00000364. The zero-order chi connectivity index (χ0) is 19.1. The molecule has 0 aliphatic heterocycles. The standard InChI is InChI=1S/C19H27N3O4.HI/c1-12-7-15(13(2)26-12)11-22-19(20-3)21-10-14-8-16(23-4)18(25-6)17(9-14)24-5;/h7-9H,10-11H2,1-6H3,(H2,20,21,22);1H. The van der Waals surface area contributed by atoms with E-state index >= 15 is 0 Å². The summed E-state index contributed by atoms with van der Waals surface area (Å²) in [4.78, 5) is 4.25. The van der Waals surface area contributed by atoms with Crippen molar-refractivity contribution in [3.05, 3.63) is 40.8 Å². The van der Waals surface area contributed by atoms with E-state index in [2.05, 4.69) is 15.6 Å². The topological polar surface area (TPSA) is 77.3 Å². The molecule has 2 N–H and O–H groups in total. The van der Waals surface area contributed by atoms with Crippen molar-refractivity contribution in [3.8, 4) is 17.2 Å². The maximum atomic E-state index is 5.54. The van der Waals surface area contributed by atoms with Crippen LogP contribution in [0.4, 0.5) is 0 Å². The molecule has 0 radical (unpaired) electrons. The van der Waals surface area contributed by atoms with Gasteiger partial charge in [0.2, 0.25) is 5.75 Å². The SMILES string of the molecule is CN=C(NCc1cc(OC)c(OC)c(OC)c1)NCc1cc(C)oc1C.I. The van der Waals surface area contributed by atoms with Gasteiger partial charge in [0, 0.05) is 25.7 Å². The third-order valence-corrected chi connectivity index (χ3v) is 4.00. The van der Waals surface area contributed by atoms with E-state index in [1.165, 1.54) is 0 Å². The van der Waals surface area contributed by atoms with Crippen molar-refractivity contribution in [2.24, 2.45) is 4.99 Å². The molecule has 0 spiro atoms. The lowest BCUT2D eigenvalue weighted by atomic mass is 10.2. The van der Waals surface area contributed by atoms with Crippen LogP contribution >= 0.6 is 24.0 Å². The Hall–Kier alpha value is -2.10. The summed E-state index contributed by atoms with van der Waals surface area (Å²) in [7, 11) is 6.52. The molecule has 0 unspecified atom stereocenters. The van der Waals surface area contributed by atoms with Gasteiger partial charge in [0.25, 0.3) is 0 Å². The minimum atomic E-state index is 0. The summed E-state index contributed by atoms with van der Waals surface area (Å²) in [6.45, 7) is 5.09. The first-order chi connectivity index (χ1) is 12.5. The number of aliphatic imine (C=N–C) groups is 1. The number of methoxy groups -OCH3 is 3. The molecule has 0 saturated carbocycles. The van der Waals surface area contributed by atoms with Gasteiger partial charge < -0.3 is 29.3 Å². The number of furan rings is 1. The van der Waals surface area contributed by atoms with Crippen LogP contribution in [0.25, 0.3) is 0 Å². The maximum absolute atomic E-state index is 5.54. The van der Waals surface area contributed by atoms with Crippen LogP contribution < -0.4 is 24.8 Å². The van der Waals surface area contributed by atoms with Gasteiger partial charge in [0.1, 0.15) is 11.5 Å². The van der Waals surface area contributed by atoms with Crippen LogP contribution in [0.2, 0.25) is 0 Å². The first-order valence-electron chi connectivity index (χ1n) is 8.31. The van der Waals surface area contributed by atoms with Crippen molar-refractivity contribution in [3.63, 3.8) is 0 Å². The van der Waals surface area contributed by atoms with Gasteiger partial charge in [-0.05, 0) is 37.6 Å². The Morgan fingerprint density at radius 3 is 2.00 bits per heavy atom. The summed E-state index contributed by atoms with van der Waals surface area (Å²) in [5.74, 6) is 4.33. The second kappa shape index (κ2) is 10.9. The molecule has 1 aromatic heterocycles. The Bertz CT molecular complexity index is 749. The highest BCUT2D eigenvalue weighted by atomic mass is 127. The fraction of sp³-hybridized carbons (Fsp3) is 0.421. The van der Waals surface area contributed by atoms with E-state index in [0.29, 0.717) is 36.3 Å². The van der Waals surface area contributed by atoms with E-state index in [0.717, 1.165) is 22.6 Å². The summed E-state index contributed by atoms with van der Waals surface area (Å²) < 4.78 is 21.7. The van der Waals surface area contributed by atoms with E-state index < -0.39 is 0 Å². The van der Waals surface area contributed by atoms with Crippen molar-refractivity contribution in [2.75, 3.05) is 28.4 Å². The van der Waals surface area contributed by atoms with E-state index in [-0.39, 0.29) is 24.0 Å². The minimum Gasteiger partial charge on any atom is -0.493 e. The predicted molar refractivity (Wildman–Crippen MR) is 117 cm³/mol. The highest BCUT2D eigenvalue weighted by molar-refractivity contribution is 14.0. The molecule has 0 saturated heterocycles.